The van der Waals surface area contributed by atoms with Crippen molar-refractivity contribution in [1.82, 2.24) is 24.4 Å². The molecule has 2 aromatic rings. The third-order valence-corrected chi connectivity index (χ3v) is 5.79. The highest BCUT2D eigenvalue weighted by atomic mass is 16.5. The van der Waals surface area contributed by atoms with Gasteiger partial charge in [0.25, 0.3) is 5.91 Å². The van der Waals surface area contributed by atoms with Gasteiger partial charge in [0, 0.05) is 58.4 Å². The van der Waals surface area contributed by atoms with Gasteiger partial charge in [-0.1, -0.05) is 0 Å². The van der Waals surface area contributed by atoms with Gasteiger partial charge < -0.3 is 14.5 Å². The van der Waals surface area contributed by atoms with Crippen LogP contribution in [0.1, 0.15) is 47.7 Å². The molecule has 4 rings (SSSR count). The fraction of sp³-hybridized carbons (Fsp3) is 0.600. The standard InChI is InChI=1S/C20H27N5O3/c1-23(2)20(27)16-12-22-25-17(5-8-21-18(16)25)15-4-3-9-24(13-15)19(26)14-6-10-28-11-7-14/h5,8,12,14-15H,3-4,6-7,9-11,13H2,1-2H3. The Kier molecular flexibility index (Phi) is 5.30. The number of likely N-dealkylation sites (tertiary alicyclic amines) is 1. The molecule has 4 heterocycles. The Labute approximate surface area is 164 Å². The summed E-state index contributed by atoms with van der Waals surface area (Å²) < 4.78 is 7.16. The molecule has 8 nitrogen and oxygen atoms in total. The maximum absolute atomic E-state index is 12.9. The molecule has 2 aliphatic heterocycles. The zero-order valence-electron chi connectivity index (χ0n) is 16.5. The maximum atomic E-state index is 12.9. The Morgan fingerprint density at radius 2 is 2.00 bits per heavy atom. The van der Waals surface area contributed by atoms with Crippen molar-refractivity contribution in [3.8, 4) is 0 Å². The van der Waals surface area contributed by atoms with Gasteiger partial charge in [-0.3, -0.25) is 9.59 Å². The second-order valence-electron chi connectivity index (χ2n) is 7.87. The van der Waals surface area contributed by atoms with Crippen LogP contribution in [0.2, 0.25) is 0 Å². The number of fused-ring (bicyclic) bond motifs is 1. The minimum atomic E-state index is -0.111. The summed E-state index contributed by atoms with van der Waals surface area (Å²) in [7, 11) is 3.44. The first-order valence-corrected chi connectivity index (χ1v) is 9.97. The minimum Gasteiger partial charge on any atom is -0.381 e. The predicted molar refractivity (Wildman–Crippen MR) is 103 cm³/mol. The zero-order valence-corrected chi connectivity index (χ0v) is 16.5. The number of amides is 2. The smallest absolute Gasteiger partial charge is 0.258 e. The van der Waals surface area contributed by atoms with Gasteiger partial charge in [0.05, 0.1) is 11.9 Å². The van der Waals surface area contributed by atoms with Crippen LogP contribution in [-0.4, -0.2) is 76.6 Å². The van der Waals surface area contributed by atoms with Crippen molar-refractivity contribution in [2.75, 3.05) is 40.4 Å². The van der Waals surface area contributed by atoms with Crippen molar-refractivity contribution in [3.63, 3.8) is 0 Å². The summed E-state index contributed by atoms with van der Waals surface area (Å²) in [5.41, 5.74) is 2.08. The number of hydrogen-bond donors (Lipinski definition) is 0. The first-order chi connectivity index (χ1) is 13.6. The second-order valence-corrected chi connectivity index (χ2v) is 7.87. The fourth-order valence-corrected chi connectivity index (χ4v) is 4.23. The van der Waals surface area contributed by atoms with Crippen molar-refractivity contribution in [1.29, 1.82) is 0 Å². The topological polar surface area (TPSA) is 80.0 Å². The molecule has 2 fully saturated rings. The molecule has 0 spiro atoms. The van der Waals surface area contributed by atoms with E-state index in [0.29, 0.717) is 31.0 Å². The lowest BCUT2D eigenvalue weighted by Gasteiger charge is -2.36. The first-order valence-electron chi connectivity index (χ1n) is 9.97. The second kappa shape index (κ2) is 7.87. The maximum Gasteiger partial charge on any atom is 0.258 e. The molecular formula is C20H27N5O3. The molecule has 0 saturated carbocycles. The molecule has 1 atom stereocenters. The fourth-order valence-electron chi connectivity index (χ4n) is 4.23. The Hall–Kier alpha value is -2.48. The van der Waals surface area contributed by atoms with Gasteiger partial charge in [0.1, 0.15) is 5.56 Å². The zero-order chi connectivity index (χ0) is 19.7. The predicted octanol–water partition coefficient (Wildman–Crippen LogP) is 1.56. The molecule has 2 saturated heterocycles. The Morgan fingerprint density at radius 3 is 2.75 bits per heavy atom. The van der Waals surface area contributed by atoms with E-state index in [2.05, 4.69) is 10.1 Å². The molecule has 1 unspecified atom stereocenters. The monoisotopic (exact) mass is 385 g/mol. The van der Waals surface area contributed by atoms with Gasteiger partial charge in [-0.25, -0.2) is 9.50 Å². The van der Waals surface area contributed by atoms with Crippen LogP contribution in [0.25, 0.3) is 5.65 Å². The quantitative estimate of drug-likeness (QED) is 0.801. The molecule has 2 amide bonds. The van der Waals surface area contributed by atoms with Crippen LogP contribution in [0.4, 0.5) is 0 Å². The number of carbonyl (C=O) groups excluding carboxylic acids is 2. The molecule has 28 heavy (non-hydrogen) atoms. The molecule has 0 aromatic carbocycles. The third kappa shape index (κ3) is 3.48. The largest absolute Gasteiger partial charge is 0.381 e. The van der Waals surface area contributed by atoms with E-state index in [4.69, 9.17) is 4.74 Å². The van der Waals surface area contributed by atoms with Crippen LogP contribution < -0.4 is 0 Å². The lowest BCUT2D eigenvalue weighted by molar-refractivity contribution is -0.139. The SMILES string of the molecule is CN(C)C(=O)c1cnn2c(C3CCCN(C(=O)C4CCOCC4)C3)ccnc12. The van der Waals surface area contributed by atoms with E-state index in [9.17, 15) is 9.59 Å². The summed E-state index contributed by atoms with van der Waals surface area (Å²) in [6.45, 7) is 2.85. The van der Waals surface area contributed by atoms with Crippen LogP contribution in [-0.2, 0) is 9.53 Å². The van der Waals surface area contributed by atoms with E-state index in [1.165, 1.54) is 4.90 Å². The van der Waals surface area contributed by atoms with E-state index in [0.717, 1.165) is 37.9 Å². The lowest BCUT2D eigenvalue weighted by Crippen LogP contribution is -2.44. The van der Waals surface area contributed by atoms with Gasteiger partial charge in [-0.15, -0.1) is 0 Å². The van der Waals surface area contributed by atoms with Gasteiger partial charge in [-0.2, -0.15) is 5.10 Å². The summed E-state index contributed by atoms with van der Waals surface area (Å²) >= 11 is 0. The number of piperidine rings is 1. The van der Waals surface area contributed by atoms with E-state index in [-0.39, 0.29) is 23.7 Å². The number of carbonyl (C=O) groups is 2. The Balaban J connectivity index is 1.57. The van der Waals surface area contributed by atoms with Gasteiger partial charge >= 0.3 is 0 Å². The van der Waals surface area contributed by atoms with Crippen LogP contribution in [0.15, 0.2) is 18.5 Å². The summed E-state index contributed by atoms with van der Waals surface area (Å²) in [6, 6.07) is 1.96. The molecule has 0 aliphatic carbocycles. The molecule has 8 heteroatoms. The summed E-state index contributed by atoms with van der Waals surface area (Å²) in [6.07, 6.45) is 6.91. The van der Waals surface area contributed by atoms with E-state index < -0.39 is 0 Å². The van der Waals surface area contributed by atoms with E-state index in [1.54, 1.807) is 31.0 Å². The highest BCUT2D eigenvalue weighted by molar-refractivity contribution is 5.99. The molecule has 0 bridgehead atoms. The molecular weight excluding hydrogens is 358 g/mol. The normalized spacial score (nSPS) is 21.1. The van der Waals surface area contributed by atoms with Crippen molar-refractivity contribution in [2.24, 2.45) is 5.92 Å². The number of ether oxygens (including phenoxy) is 1. The highest BCUT2D eigenvalue weighted by Gasteiger charge is 2.31. The van der Waals surface area contributed by atoms with Gasteiger partial charge in [-0.05, 0) is 31.7 Å². The third-order valence-electron chi connectivity index (χ3n) is 5.79. The average Bonchev–Trinajstić information content (AvgIpc) is 3.17. The number of nitrogens with zero attached hydrogens (tertiary/aromatic N) is 5. The van der Waals surface area contributed by atoms with Crippen LogP contribution >= 0.6 is 0 Å². The van der Waals surface area contributed by atoms with Crippen molar-refractivity contribution in [3.05, 3.63) is 29.7 Å². The molecule has 0 N–H and O–H groups in total. The van der Waals surface area contributed by atoms with Gasteiger partial charge in [0.2, 0.25) is 5.91 Å². The number of aromatic nitrogens is 3. The highest BCUT2D eigenvalue weighted by Crippen LogP contribution is 2.29. The van der Waals surface area contributed by atoms with Crippen LogP contribution in [0, 0.1) is 5.92 Å². The Morgan fingerprint density at radius 1 is 1.21 bits per heavy atom. The van der Waals surface area contributed by atoms with Gasteiger partial charge in [0.15, 0.2) is 5.65 Å². The molecule has 2 aromatic heterocycles. The average molecular weight is 385 g/mol. The number of hydrogen-bond acceptors (Lipinski definition) is 5. The Bertz CT molecular complexity index is 872. The van der Waals surface area contributed by atoms with E-state index in [1.807, 2.05) is 11.0 Å². The van der Waals surface area contributed by atoms with Crippen molar-refractivity contribution < 1.29 is 14.3 Å². The molecule has 2 aliphatic rings. The number of rotatable bonds is 3. The summed E-state index contributed by atoms with van der Waals surface area (Å²) in [5.74, 6) is 0.408. The van der Waals surface area contributed by atoms with Crippen LogP contribution in [0.5, 0.6) is 0 Å². The molecule has 0 radical (unpaired) electrons. The first kappa shape index (κ1) is 18.9. The van der Waals surface area contributed by atoms with Crippen molar-refractivity contribution >= 4 is 17.5 Å². The van der Waals surface area contributed by atoms with Crippen molar-refractivity contribution in [2.45, 2.75) is 31.6 Å². The lowest BCUT2D eigenvalue weighted by atomic mass is 9.92. The van der Waals surface area contributed by atoms with E-state index >= 15 is 0 Å². The van der Waals surface area contributed by atoms with Crippen LogP contribution in [0.3, 0.4) is 0 Å². The molecule has 150 valence electrons. The summed E-state index contributed by atoms with van der Waals surface area (Å²) in [5, 5.41) is 4.44. The minimum absolute atomic E-state index is 0.0824. The summed E-state index contributed by atoms with van der Waals surface area (Å²) in [4.78, 5) is 33.3.